The summed E-state index contributed by atoms with van der Waals surface area (Å²) in [6.45, 7) is 6.88. The number of rotatable bonds is 6. The minimum absolute atomic E-state index is 0.0383. The lowest BCUT2D eigenvalue weighted by Crippen LogP contribution is -2.42. The molecule has 0 radical (unpaired) electrons. The number of ether oxygens (including phenoxy) is 1. The molecule has 3 aliphatic heterocycles. The van der Waals surface area contributed by atoms with Crippen LogP contribution in [-0.4, -0.2) is 47.2 Å². The summed E-state index contributed by atoms with van der Waals surface area (Å²) < 4.78 is 6.53. The Hall–Kier alpha value is -1.69. The van der Waals surface area contributed by atoms with Gasteiger partial charge in [-0.1, -0.05) is 6.92 Å². The van der Waals surface area contributed by atoms with Crippen LogP contribution in [0.2, 0.25) is 0 Å². The number of fused-ring (bicyclic) bond motifs is 1. The summed E-state index contributed by atoms with van der Waals surface area (Å²) in [6.07, 6.45) is 6.68. The molecule has 1 amide bonds. The van der Waals surface area contributed by atoms with Crippen LogP contribution in [0.5, 0.6) is 0 Å². The van der Waals surface area contributed by atoms with Gasteiger partial charge in [-0.25, -0.2) is 9.97 Å². The summed E-state index contributed by atoms with van der Waals surface area (Å²) in [7, 11) is 0. The molecule has 2 bridgehead atoms. The van der Waals surface area contributed by atoms with E-state index in [1.807, 2.05) is 0 Å². The van der Waals surface area contributed by atoms with E-state index in [1.165, 1.54) is 0 Å². The number of amides is 1. The topological polar surface area (TPSA) is 67.4 Å². The van der Waals surface area contributed by atoms with Crippen molar-refractivity contribution >= 4 is 11.7 Å². The summed E-state index contributed by atoms with van der Waals surface area (Å²) in [5.41, 5.74) is 1.00. The Bertz CT molecular complexity index is 750. The quantitative estimate of drug-likeness (QED) is 0.832. The molecule has 3 saturated heterocycles. The van der Waals surface area contributed by atoms with Gasteiger partial charge in [0, 0.05) is 55.6 Å². The highest BCUT2D eigenvalue weighted by Crippen LogP contribution is 2.55. The Morgan fingerprint density at radius 3 is 3.00 bits per heavy atom. The van der Waals surface area contributed by atoms with Crippen LogP contribution in [0.4, 0.5) is 5.82 Å². The van der Waals surface area contributed by atoms with Crippen LogP contribution in [-0.2, 0) is 16.0 Å². The van der Waals surface area contributed by atoms with Gasteiger partial charge in [0.1, 0.15) is 11.6 Å². The average molecular weight is 370 g/mol. The van der Waals surface area contributed by atoms with Gasteiger partial charge in [-0.2, -0.15) is 0 Å². The maximum absolute atomic E-state index is 12.1. The second-order valence-corrected chi connectivity index (χ2v) is 8.96. The second-order valence-electron chi connectivity index (χ2n) is 8.96. The third-order valence-corrected chi connectivity index (χ3v) is 6.93. The zero-order valence-electron chi connectivity index (χ0n) is 16.4. The maximum atomic E-state index is 12.1. The van der Waals surface area contributed by atoms with E-state index in [0.717, 1.165) is 75.5 Å². The number of aromatic nitrogens is 2. The van der Waals surface area contributed by atoms with Gasteiger partial charge in [0.05, 0.1) is 11.7 Å². The monoisotopic (exact) mass is 370 g/mol. The summed E-state index contributed by atoms with van der Waals surface area (Å²) in [5, 5.41) is 3.21. The standard InChI is InChI=1S/C21H30N4O2/c1-3-4-18-23-13(2)9-19(24-18)25-11-16-15(10-22-20(26)14-5-6-14)17-7-8-21(16,12-25)27-17/h9,14-17H,3-8,10-12H2,1-2H3,(H,22,26)/t15-,16+,17+,21+/m0/s1. The van der Waals surface area contributed by atoms with E-state index in [-0.39, 0.29) is 17.4 Å². The SMILES string of the molecule is CCCc1nc(C)cc(N2C[C@@H]3[C@H](CNC(=O)C4CC4)[C@H]4CC[C@]3(C2)O4)n1. The van der Waals surface area contributed by atoms with Gasteiger partial charge >= 0.3 is 0 Å². The van der Waals surface area contributed by atoms with Crippen LogP contribution in [0.1, 0.15) is 50.5 Å². The van der Waals surface area contributed by atoms with Crippen molar-refractivity contribution < 1.29 is 9.53 Å². The number of hydrogen-bond acceptors (Lipinski definition) is 5. The molecule has 1 spiro atoms. The minimum atomic E-state index is -0.0383. The van der Waals surface area contributed by atoms with E-state index in [9.17, 15) is 4.79 Å². The number of nitrogens with one attached hydrogen (secondary N) is 1. The van der Waals surface area contributed by atoms with Crippen molar-refractivity contribution in [3.63, 3.8) is 0 Å². The molecule has 1 aromatic rings. The fourth-order valence-corrected chi connectivity index (χ4v) is 5.46. The molecular weight excluding hydrogens is 340 g/mol. The predicted octanol–water partition coefficient (Wildman–Crippen LogP) is 2.25. The maximum Gasteiger partial charge on any atom is 0.223 e. The van der Waals surface area contributed by atoms with E-state index < -0.39 is 0 Å². The highest BCUT2D eigenvalue weighted by atomic mass is 16.5. The van der Waals surface area contributed by atoms with Crippen molar-refractivity contribution in [3.8, 4) is 0 Å². The smallest absolute Gasteiger partial charge is 0.223 e. The minimum Gasteiger partial charge on any atom is -0.369 e. The molecule has 4 aliphatic rings. The van der Waals surface area contributed by atoms with Crippen LogP contribution in [0.25, 0.3) is 0 Å². The zero-order chi connectivity index (χ0) is 18.6. The summed E-state index contributed by atoms with van der Waals surface area (Å²) in [4.78, 5) is 23.9. The Balaban J connectivity index is 1.32. The molecule has 6 heteroatoms. The molecule has 4 heterocycles. The zero-order valence-corrected chi connectivity index (χ0v) is 16.4. The molecule has 1 saturated carbocycles. The molecule has 146 valence electrons. The van der Waals surface area contributed by atoms with Crippen molar-refractivity contribution in [3.05, 3.63) is 17.6 Å². The number of nitrogens with zero attached hydrogens (tertiary/aromatic N) is 3. The van der Waals surface area contributed by atoms with Crippen molar-refractivity contribution in [2.24, 2.45) is 17.8 Å². The van der Waals surface area contributed by atoms with Crippen molar-refractivity contribution in [1.82, 2.24) is 15.3 Å². The normalized spacial score (nSPS) is 34.1. The molecule has 1 N–H and O–H groups in total. The number of aryl methyl sites for hydroxylation is 2. The third-order valence-electron chi connectivity index (χ3n) is 6.93. The number of anilines is 1. The number of carbonyl (C=O) groups is 1. The second kappa shape index (κ2) is 6.43. The van der Waals surface area contributed by atoms with E-state index in [4.69, 9.17) is 9.72 Å². The Morgan fingerprint density at radius 1 is 1.37 bits per heavy atom. The van der Waals surface area contributed by atoms with E-state index in [2.05, 4.69) is 35.1 Å². The van der Waals surface area contributed by atoms with Gasteiger partial charge in [-0.15, -0.1) is 0 Å². The van der Waals surface area contributed by atoms with Crippen LogP contribution in [0.3, 0.4) is 0 Å². The molecule has 1 aliphatic carbocycles. The molecule has 5 rings (SSSR count). The van der Waals surface area contributed by atoms with Gasteiger partial charge in [-0.3, -0.25) is 4.79 Å². The van der Waals surface area contributed by atoms with Gasteiger partial charge < -0.3 is 15.0 Å². The van der Waals surface area contributed by atoms with Gasteiger partial charge in [0.2, 0.25) is 5.91 Å². The molecular formula is C21H30N4O2. The van der Waals surface area contributed by atoms with Crippen LogP contribution >= 0.6 is 0 Å². The van der Waals surface area contributed by atoms with Gasteiger partial charge in [0.25, 0.3) is 0 Å². The molecule has 27 heavy (non-hydrogen) atoms. The molecule has 1 aromatic heterocycles. The first kappa shape index (κ1) is 17.4. The fourth-order valence-electron chi connectivity index (χ4n) is 5.46. The van der Waals surface area contributed by atoms with Crippen LogP contribution < -0.4 is 10.2 Å². The highest BCUT2D eigenvalue weighted by molar-refractivity contribution is 5.80. The number of hydrogen-bond donors (Lipinski definition) is 1. The van der Waals surface area contributed by atoms with E-state index >= 15 is 0 Å². The lowest BCUT2D eigenvalue weighted by molar-refractivity contribution is -0.122. The Kier molecular flexibility index (Phi) is 4.15. The highest BCUT2D eigenvalue weighted by Gasteiger charge is 2.63. The molecule has 0 aromatic carbocycles. The predicted molar refractivity (Wildman–Crippen MR) is 103 cm³/mol. The lowest BCUT2D eigenvalue weighted by Gasteiger charge is -2.29. The molecule has 4 atom stereocenters. The average Bonchev–Trinajstić information content (AvgIpc) is 3.22. The third kappa shape index (κ3) is 3.02. The first-order valence-electron chi connectivity index (χ1n) is 10.6. The van der Waals surface area contributed by atoms with E-state index in [0.29, 0.717) is 17.9 Å². The van der Waals surface area contributed by atoms with Crippen molar-refractivity contribution in [2.75, 3.05) is 24.5 Å². The van der Waals surface area contributed by atoms with E-state index in [1.54, 1.807) is 0 Å². The van der Waals surface area contributed by atoms with Crippen molar-refractivity contribution in [1.29, 1.82) is 0 Å². The first-order valence-corrected chi connectivity index (χ1v) is 10.6. The molecule has 6 nitrogen and oxygen atoms in total. The molecule has 4 fully saturated rings. The summed E-state index contributed by atoms with van der Waals surface area (Å²) >= 11 is 0. The molecule has 0 unspecified atom stereocenters. The lowest BCUT2D eigenvalue weighted by atomic mass is 9.73. The van der Waals surface area contributed by atoms with Gasteiger partial charge in [-0.05, 0) is 39.0 Å². The van der Waals surface area contributed by atoms with Gasteiger partial charge in [0.15, 0.2) is 0 Å². The Labute approximate surface area is 161 Å². The number of carbonyl (C=O) groups excluding carboxylic acids is 1. The summed E-state index contributed by atoms with van der Waals surface area (Å²) in [5.74, 6) is 3.44. The largest absolute Gasteiger partial charge is 0.369 e. The van der Waals surface area contributed by atoms with Crippen molar-refractivity contribution in [2.45, 2.75) is 64.1 Å². The van der Waals surface area contributed by atoms with Crippen LogP contribution in [0.15, 0.2) is 6.07 Å². The first-order chi connectivity index (χ1) is 13.1. The summed E-state index contributed by atoms with van der Waals surface area (Å²) in [6, 6.07) is 2.10. The Morgan fingerprint density at radius 2 is 2.22 bits per heavy atom. The van der Waals surface area contributed by atoms with Crippen LogP contribution in [0, 0.1) is 24.7 Å². The fraction of sp³-hybridized carbons (Fsp3) is 0.762.